The van der Waals surface area contributed by atoms with Gasteiger partial charge in [-0.15, -0.1) is 11.3 Å². The molecule has 0 atom stereocenters. The zero-order valence-corrected chi connectivity index (χ0v) is 22.6. The van der Waals surface area contributed by atoms with E-state index in [1.165, 1.54) is 64.0 Å². The Morgan fingerprint density at radius 1 is 0.375 bits per heavy atom. The molecule has 2 heteroatoms. The second-order valence-electron chi connectivity index (χ2n) is 10.3. The molecule has 188 valence electrons. The molecule has 1 nitrogen and oxygen atoms in total. The Bertz CT molecular complexity index is 2190. The average molecular weight is 528 g/mol. The van der Waals surface area contributed by atoms with Crippen LogP contribution in [-0.2, 0) is 0 Å². The molecule has 0 aliphatic carbocycles. The van der Waals surface area contributed by atoms with Crippen LogP contribution in [0.2, 0.25) is 0 Å². The van der Waals surface area contributed by atoms with Crippen LogP contribution in [-0.4, -0.2) is 0 Å². The fraction of sp³-hybridized carbons (Fsp3) is 0. The average Bonchev–Trinajstić information content (AvgIpc) is 3.40. The number of hydrogen-bond donors (Lipinski definition) is 1. The van der Waals surface area contributed by atoms with Gasteiger partial charge < -0.3 is 5.32 Å². The summed E-state index contributed by atoms with van der Waals surface area (Å²) in [7, 11) is 0. The molecule has 1 heterocycles. The highest BCUT2D eigenvalue weighted by Gasteiger charge is 2.10. The molecule has 0 aliphatic rings. The van der Waals surface area contributed by atoms with E-state index in [-0.39, 0.29) is 0 Å². The van der Waals surface area contributed by atoms with Crippen molar-refractivity contribution in [1.29, 1.82) is 0 Å². The molecule has 0 unspecified atom stereocenters. The molecular formula is C38H25NS. The molecule has 7 aromatic carbocycles. The van der Waals surface area contributed by atoms with E-state index < -0.39 is 0 Å². The number of fused-ring (bicyclic) bond motifs is 6. The van der Waals surface area contributed by atoms with Crippen molar-refractivity contribution in [3.8, 4) is 22.3 Å². The van der Waals surface area contributed by atoms with E-state index in [9.17, 15) is 0 Å². The number of anilines is 2. The van der Waals surface area contributed by atoms with Crippen molar-refractivity contribution in [2.75, 3.05) is 5.32 Å². The van der Waals surface area contributed by atoms with Gasteiger partial charge in [0.2, 0.25) is 0 Å². The Hall–Kier alpha value is -4.92. The van der Waals surface area contributed by atoms with E-state index in [4.69, 9.17) is 0 Å². The smallest absolute Gasteiger partial charge is 0.0433 e. The molecule has 0 amide bonds. The minimum absolute atomic E-state index is 1.08. The van der Waals surface area contributed by atoms with Crippen molar-refractivity contribution in [1.82, 2.24) is 0 Å². The van der Waals surface area contributed by atoms with Crippen LogP contribution in [0.5, 0.6) is 0 Å². The van der Waals surface area contributed by atoms with Crippen LogP contribution < -0.4 is 5.32 Å². The van der Waals surface area contributed by atoms with Crippen molar-refractivity contribution in [2.24, 2.45) is 0 Å². The van der Waals surface area contributed by atoms with E-state index >= 15 is 0 Å². The first-order valence-electron chi connectivity index (χ1n) is 13.6. The summed E-state index contributed by atoms with van der Waals surface area (Å²) in [6.07, 6.45) is 0. The Balaban J connectivity index is 1.08. The van der Waals surface area contributed by atoms with Crippen molar-refractivity contribution in [3.05, 3.63) is 146 Å². The summed E-state index contributed by atoms with van der Waals surface area (Å²) in [6.45, 7) is 0. The van der Waals surface area contributed by atoms with Crippen LogP contribution in [0, 0.1) is 0 Å². The van der Waals surface area contributed by atoms with Crippen molar-refractivity contribution < 1.29 is 0 Å². The maximum Gasteiger partial charge on any atom is 0.0433 e. The van der Waals surface area contributed by atoms with Gasteiger partial charge in [0.15, 0.2) is 0 Å². The maximum atomic E-state index is 3.60. The molecular weight excluding hydrogens is 502 g/mol. The van der Waals surface area contributed by atoms with Crippen molar-refractivity contribution >= 4 is 64.4 Å². The molecule has 0 saturated carbocycles. The summed E-state index contributed by atoms with van der Waals surface area (Å²) in [5.41, 5.74) is 7.05. The number of thiophene rings is 1. The van der Waals surface area contributed by atoms with Crippen LogP contribution in [0.15, 0.2) is 146 Å². The highest BCUT2D eigenvalue weighted by molar-refractivity contribution is 7.26. The van der Waals surface area contributed by atoms with Gasteiger partial charge >= 0.3 is 0 Å². The highest BCUT2D eigenvalue weighted by atomic mass is 32.1. The van der Waals surface area contributed by atoms with Crippen LogP contribution in [0.1, 0.15) is 0 Å². The Kier molecular flexibility index (Phi) is 5.39. The van der Waals surface area contributed by atoms with E-state index in [0.29, 0.717) is 0 Å². The zero-order valence-electron chi connectivity index (χ0n) is 21.8. The van der Waals surface area contributed by atoms with Gasteiger partial charge in [0, 0.05) is 31.5 Å². The van der Waals surface area contributed by atoms with Gasteiger partial charge in [-0.1, -0.05) is 103 Å². The van der Waals surface area contributed by atoms with Crippen molar-refractivity contribution in [2.45, 2.75) is 0 Å². The van der Waals surface area contributed by atoms with Crippen LogP contribution in [0.3, 0.4) is 0 Å². The molecule has 8 rings (SSSR count). The van der Waals surface area contributed by atoms with Gasteiger partial charge in [-0.05, 0) is 86.3 Å². The lowest BCUT2D eigenvalue weighted by Gasteiger charge is -2.10. The topological polar surface area (TPSA) is 12.0 Å². The summed E-state index contributed by atoms with van der Waals surface area (Å²) < 4.78 is 2.70. The Labute approximate surface area is 237 Å². The van der Waals surface area contributed by atoms with Gasteiger partial charge in [0.25, 0.3) is 0 Å². The summed E-state index contributed by atoms with van der Waals surface area (Å²) in [4.78, 5) is 0. The predicted molar refractivity (Wildman–Crippen MR) is 175 cm³/mol. The molecule has 0 aliphatic heterocycles. The third-order valence-corrected chi connectivity index (χ3v) is 9.03. The van der Waals surface area contributed by atoms with Gasteiger partial charge in [-0.2, -0.15) is 0 Å². The largest absolute Gasteiger partial charge is 0.356 e. The minimum Gasteiger partial charge on any atom is -0.356 e. The Morgan fingerprint density at radius 3 is 1.98 bits per heavy atom. The molecule has 0 saturated heterocycles. The van der Waals surface area contributed by atoms with Gasteiger partial charge in [0.05, 0.1) is 0 Å². The molecule has 0 spiro atoms. The second-order valence-corrected chi connectivity index (χ2v) is 11.4. The molecule has 0 radical (unpaired) electrons. The quantitative estimate of drug-likeness (QED) is 0.240. The van der Waals surface area contributed by atoms with E-state index in [0.717, 1.165) is 11.4 Å². The molecule has 40 heavy (non-hydrogen) atoms. The Morgan fingerprint density at radius 2 is 1.07 bits per heavy atom. The lowest BCUT2D eigenvalue weighted by molar-refractivity contribution is 1.54. The minimum atomic E-state index is 1.08. The lowest BCUT2D eigenvalue weighted by Crippen LogP contribution is -1.91. The fourth-order valence-electron chi connectivity index (χ4n) is 5.74. The van der Waals surface area contributed by atoms with Gasteiger partial charge in [-0.25, -0.2) is 0 Å². The first-order valence-corrected chi connectivity index (χ1v) is 14.4. The highest BCUT2D eigenvalue weighted by Crippen LogP contribution is 2.40. The van der Waals surface area contributed by atoms with Gasteiger partial charge in [-0.3, -0.25) is 0 Å². The first-order chi connectivity index (χ1) is 19.8. The first kappa shape index (κ1) is 23.0. The summed E-state index contributed by atoms with van der Waals surface area (Å²) in [6, 6.07) is 52.6. The fourth-order valence-corrected chi connectivity index (χ4v) is 6.96. The normalized spacial score (nSPS) is 11.5. The SMILES string of the molecule is c1cc(Nc2ccc(-c3ccc4sc5c6ccccc6ccc5c4c3)cc2)cc(-c2ccc3ccccc3c2)c1. The monoisotopic (exact) mass is 527 g/mol. The van der Waals surface area contributed by atoms with Crippen molar-refractivity contribution in [3.63, 3.8) is 0 Å². The van der Waals surface area contributed by atoms with Crippen LogP contribution in [0.4, 0.5) is 11.4 Å². The lowest BCUT2D eigenvalue weighted by atomic mass is 10.0. The third-order valence-electron chi connectivity index (χ3n) is 7.81. The maximum absolute atomic E-state index is 3.60. The summed E-state index contributed by atoms with van der Waals surface area (Å²) in [5, 5.41) is 11.4. The van der Waals surface area contributed by atoms with Crippen LogP contribution >= 0.6 is 11.3 Å². The number of rotatable bonds is 4. The zero-order chi connectivity index (χ0) is 26.5. The molecule has 1 N–H and O–H groups in total. The van der Waals surface area contributed by atoms with Gasteiger partial charge in [0.1, 0.15) is 0 Å². The summed E-state index contributed by atoms with van der Waals surface area (Å²) in [5.74, 6) is 0. The van der Waals surface area contributed by atoms with Crippen LogP contribution in [0.25, 0.3) is 64.0 Å². The molecule has 0 bridgehead atoms. The molecule has 8 aromatic rings. The summed E-state index contributed by atoms with van der Waals surface area (Å²) >= 11 is 1.89. The molecule has 0 fully saturated rings. The van der Waals surface area contributed by atoms with E-state index in [2.05, 4.69) is 151 Å². The number of benzene rings is 7. The molecule has 1 aromatic heterocycles. The van der Waals surface area contributed by atoms with E-state index in [1.54, 1.807) is 0 Å². The predicted octanol–water partition coefficient (Wildman–Crippen LogP) is 11.4. The third kappa shape index (κ3) is 4.02. The number of hydrogen-bond acceptors (Lipinski definition) is 2. The second kappa shape index (κ2) is 9.37. The standard InChI is InChI=1S/C38H25NS/c1-2-8-28-22-30(13-12-25(28)6-1)29-9-5-10-33(23-29)39-32-18-14-26(15-19-32)31-17-21-37-36(24-31)35-20-16-27-7-3-4-11-34(27)38(35)40-37/h1-24,39H. The van der Waals surface area contributed by atoms with E-state index in [1.807, 2.05) is 11.3 Å². The number of nitrogens with one attached hydrogen (secondary N) is 1.